The summed E-state index contributed by atoms with van der Waals surface area (Å²) in [6.45, 7) is 0.817. The zero-order chi connectivity index (χ0) is 14.7. The molecule has 0 bridgehead atoms. The third kappa shape index (κ3) is 3.44. The van der Waals surface area contributed by atoms with Crippen LogP contribution in [0.5, 0.6) is 0 Å². The molecule has 0 atom stereocenters. The van der Waals surface area contributed by atoms with Crippen LogP contribution in [0.3, 0.4) is 0 Å². The third-order valence-electron chi connectivity index (χ3n) is 4.36. The van der Waals surface area contributed by atoms with Crippen LogP contribution in [0.15, 0.2) is 29.6 Å². The summed E-state index contributed by atoms with van der Waals surface area (Å²) in [6, 6.07) is 8.42. The number of amides is 1. The van der Waals surface area contributed by atoms with E-state index in [4.69, 9.17) is 0 Å². The van der Waals surface area contributed by atoms with Gasteiger partial charge in [0.2, 0.25) is 5.91 Å². The summed E-state index contributed by atoms with van der Waals surface area (Å²) in [6.07, 6.45) is 4.45. The largest absolute Gasteiger partial charge is 0.396 e. The number of hydrogen-bond donors (Lipinski definition) is 2. The summed E-state index contributed by atoms with van der Waals surface area (Å²) in [7, 11) is 0. The van der Waals surface area contributed by atoms with E-state index in [0.29, 0.717) is 13.0 Å². The normalized spacial score (nSPS) is 16.0. The SMILES string of the molecule is O=C(CCCc1csc2ccccc12)NCC1(CO)CC1. The van der Waals surface area contributed by atoms with Crippen molar-refractivity contribution < 1.29 is 9.90 Å². The van der Waals surface area contributed by atoms with Crippen molar-refractivity contribution >= 4 is 27.3 Å². The number of rotatable bonds is 7. The first-order valence-corrected chi connectivity index (χ1v) is 8.43. The molecule has 0 saturated heterocycles. The van der Waals surface area contributed by atoms with E-state index in [9.17, 15) is 9.90 Å². The Labute approximate surface area is 129 Å². The van der Waals surface area contributed by atoms with E-state index in [2.05, 4.69) is 35.0 Å². The Morgan fingerprint density at radius 3 is 2.90 bits per heavy atom. The predicted molar refractivity (Wildman–Crippen MR) is 86.5 cm³/mol. The Bertz CT molecular complexity index is 631. The molecule has 1 aromatic carbocycles. The van der Waals surface area contributed by atoms with Crippen molar-refractivity contribution in [2.45, 2.75) is 32.1 Å². The van der Waals surface area contributed by atoms with Crippen LogP contribution in [0, 0.1) is 5.41 Å². The number of hydrogen-bond acceptors (Lipinski definition) is 3. The molecule has 21 heavy (non-hydrogen) atoms. The Balaban J connectivity index is 1.44. The average molecular weight is 303 g/mol. The third-order valence-corrected chi connectivity index (χ3v) is 5.38. The predicted octanol–water partition coefficient (Wildman–Crippen LogP) is 3.11. The van der Waals surface area contributed by atoms with Gasteiger partial charge in [0.1, 0.15) is 0 Å². The first-order chi connectivity index (χ1) is 10.2. The fourth-order valence-corrected chi connectivity index (χ4v) is 3.61. The van der Waals surface area contributed by atoms with Gasteiger partial charge in [0.05, 0.1) is 6.61 Å². The highest BCUT2D eigenvalue weighted by molar-refractivity contribution is 7.17. The standard InChI is InChI=1S/C17H21NO2S/c19-12-17(8-9-17)11-18-16(20)7-3-4-13-10-21-15-6-2-1-5-14(13)15/h1-2,5-6,10,19H,3-4,7-9,11-12H2,(H,18,20). The van der Waals surface area contributed by atoms with Crippen molar-refractivity contribution in [1.82, 2.24) is 5.32 Å². The molecule has 1 saturated carbocycles. The maximum Gasteiger partial charge on any atom is 0.220 e. The molecule has 1 amide bonds. The number of thiophene rings is 1. The summed E-state index contributed by atoms with van der Waals surface area (Å²) < 4.78 is 1.32. The van der Waals surface area contributed by atoms with E-state index in [-0.39, 0.29) is 17.9 Å². The van der Waals surface area contributed by atoms with Crippen LogP contribution in [-0.2, 0) is 11.2 Å². The van der Waals surface area contributed by atoms with Crippen LogP contribution in [0.2, 0.25) is 0 Å². The number of aliphatic hydroxyl groups excluding tert-OH is 1. The van der Waals surface area contributed by atoms with Crippen LogP contribution in [0.4, 0.5) is 0 Å². The molecule has 1 aliphatic carbocycles. The van der Waals surface area contributed by atoms with Gasteiger partial charge in [-0.3, -0.25) is 4.79 Å². The van der Waals surface area contributed by atoms with Crippen molar-refractivity contribution in [1.29, 1.82) is 0 Å². The maximum absolute atomic E-state index is 11.8. The molecule has 4 heteroatoms. The van der Waals surface area contributed by atoms with E-state index in [1.807, 2.05) is 0 Å². The lowest BCUT2D eigenvalue weighted by atomic mass is 10.1. The summed E-state index contributed by atoms with van der Waals surface area (Å²) in [5.74, 6) is 0.106. The van der Waals surface area contributed by atoms with Crippen molar-refractivity contribution in [3.8, 4) is 0 Å². The van der Waals surface area contributed by atoms with E-state index < -0.39 is 0 Å². The van der Waals surface area contributed by atoms with Crippen LogP contribution in [-0.4, -0.2) is 24.2 Å². The molecule has 3 nitrogen and oxygen atoms in total. The number of carbonyl (C=O) groups is 1. The number of aliphatic hydroxyl groups is 1. The lowest BCUT2D eigenvalue weighted by Crippen LogP contribution is -2.31. The van der Waals surface area contributed by atoms with Gasteiger partial charge in [-0.15, -0.1) is 11.3 Å². The summed E-state index contributed by atoms with van der Waals surface area (Å²) in [5, 5.41) is 15.7. The van der Waals surface area contributed by atoms with Gasteiger partial charge in [-0.1, -0.05) is 18.2 Å². The van der Waals surface area contributed by atoms with Crippen molar-refractivity contribution in [3.63, 3.8) is 0 Å². The van der Waals surface area contributed by atoms with Crippen LogP contribution in [0.1, 0.15) is 31.2 Å². The van der Waals surface area contributed by atoms with Crippen LogP contribution in [0.25, 0.3) is 10.1 Å². The molecule has 0 spiro atoms. The fraction of sp³-hybridized carbons (Fsp3) is 0.471. The van der Waals surface area contributed by atoms with Gasteiger partial charge in [0, 0.05) is 23.1 Å². The summed E-state index contributed by atoms with van der Waals surface area (Å²) >= 11 is 1.77. The quantitative estimate of drug-likeness (QED) is 0.825. The van der Waals surface area contributed by atoms with Gasteiger partial charge in [-0.05, 0) is 48.1 Å². The molecule has 2 N–H and O–H groups in total. The molecule has 1 aromatic heterocycles. The molecule has 1 fully saturated rings. The zero-order valence-corrected chi connectivity index (χ0v) is 12.9. The Kier molecular flexibility index (Phi) is 4.27. The summed E-state index contributed by atoms with van der Waals surface area (Å²) in [5.41, 5.74) is 1.34. The van der Waals surface area contributed by atoms with Crippen molar-refractivity contribution in [2.75, 3.05) is 13.2 Å². The number of fused-ring (bicyclic) bond motifs is 1. The number of carbonyl (C=O) groups excluding carboxylic acids is 1. The van der Waals surface area contributed by atoms with E-state index in [0.717, 1.165) is 25.7 Å². The second-order valence-electron chi connectivity index (χ2n) is 6.05. The van der Waals surface area contributed by atoms with Gasteiger partial charge in [-0.25, -0.2) is 0 Å². The monoisotopic (exact) mass is 303 g/mol. The topological polar surface area (TPSA) is 49.3 Å². The minimum Gasteiger partial charge on any atom is -0.396 e. The van der Waals surface area contributed by atoms with E-state index >= 15 is 0 Å². The number of aryl methyl sites for hydroxylation is 1. The Morgan fingerprint density at radius 1 is 1.33 bits per heavy atom. The Morgan fingerprint density at radius 2 is 2.14 bits per heavy atom. The van der Waals surface area contributed by atoms with Gasteiger partial charge >= 0.3 is 0 Å². The minimum absolute atomic E-state index is 0.000774. The molecule has 2 aromatic rings. The van der Waals surface area contributed by atoms with Gasteiger partial charge in [0.15, 0.2) is 0 Å². The second kappa shape index (κ2) is 6.16. The molecule has 0 radical (unpaired) electrons. The molecular weight excluding hydrogens is 282 g/mol. The zero-order valence-electron chi connectivity index (χ0n) is 12.1. The Hall–Kier alpha value is -1.39. The lowest BCUT2D eigenvalue weighted by Gasteiger charge is -2.12. The molecular formula is C17H21NO2S. The highest BCUT2D eigenvalue weighted by atomic mass is 32.1. The van der Waals surface area contributed by atoms with Crippen LogP contribution >= 0.6 is 11.3 Å². The molecule has 1 aliphatic rings. The average Bonchev–Trinajstić information content (AvgIpc) is 3.19. The maximum atomic E-state index is 11.8. The highest BCUT2D eigenvalue weighted by Crippen LogP contribution is 2.44. The fourth-order valence-electron chi connectivity index (χ4n) is 2.61. The first kappa shape index (κ1) is 14.5. The molecule has 0 aliphatic heterocycles. The van der Waals surface area contributed by atoms with Crippen molar-refractivity contribution in [2.24, 2.45) is 5.41 Å². The number of nitrogens with one attached hydrogen (secondary N) is 1. The summed E-state index contributed by atoms with van der Waals surface area (Å²) in [4.78, 5) is 11.8. The second-order valence-corrected chi connectivity index (χ2v) is 6.96. The van der Waals surface area contributed by atoms with Gasteiger partial charge in [-0.2, -0.15) is 0 Å². The van der Waals surface area contributed by atoms with Gasteiger partial charge < -0.3 is 10.4 Å². The molecule has 1 heterocycles. The van der Waals surface area contributed by atoms with Gasteiger partial charge in [0.25, 0.3) is 0 Å². The lowest BCUT2D eigenvalue weighted by molar-refractivity contribution is -0.121. The minimum atomic E-state index is -0.000774. The smallest absolute Gasteiger partial charge is 0.220 e. The molecule has 112 valence electrons. The highest BCUT2D eigenvalue weighted by Gasteiger charge is 2.41. The van der Waals surface area contributed by atoms with Crippen LogP contribution < -0.4 is 5.32 Å². The molecule has 0 unspecified atom stereocenters. The van der Waals surface area contributed by atoms with Crippen molar-refractivity contribution in [3.05, 3.63) is 35.2 Å². The number of benzene rings is 1. The van der Waals surface area contributed by atoms with E-state index in [1.165, 1.54) is 15.6 Å². The van der Waals surface area contributed by atoms with E-state index in [1.54, 1.807) is 11.3 Å². The first-order valence-electron chi connectivity index (χ1n) is 7.55. The molecule has 3 rings (SSSR count).